The van der Waals surface area contributed by atoms with Gasteiger partial charge in [-0.1, -0.05) is 0 Å². The van der Waals surface area contributed by atoms with Gasteiger partial charge in [-0.25, -0.2) is 4.79 Å². The van der Waals surface area contributed by atoms with E-state index in [0.29, 0.717) is 19.3 Å². The summed E-state index contributed by atoms with van der Waals surface area (Å²) >= 11 is 0. The summed E-state index contributed by atoms with van der Waals surface area (Å²) in [5, 5.41) is 0. The van der Waals surface area contributed by atoms with Crippen molar-refractivity contribution >= 4 is 12.1 Å². The second kappa shape index (κ2) is 7.00. The van der Waals surface area contributed by atoms with Crippen molar-refractivity contribution in [1.82, 2.24) is 0 Å². The Morgan fingerprint density at radius 2 is 1.83 bits per heavy atom. The molecule has 1 aliphatic carbocycles. The molecule has 6 nitrogen and oxygen atoms in total. The van der Waals surface area contributed by atoms with Gasteiger partial charge in [0, 0.05) is 20.5 Å². The van der Waals surface area contributed by atoms with Crippen LogP contribution in [0.5, 0.6) is 0 Å². The minimum Gasteiger partial charge on any atom is -0.458 e. The fourth-order valence-electron chi connectivity index (χ4n) is 1.91. The predicted molar refractivity (Wildman–Crippen MR) is 63.8 cm³/mol. The zero-order chi connectivity index (χ0) is 13.5. The Morgan fingerprint density at radius 1 is 1.17 bits per heavy atom. The summed E-state index contributed by atoms with van der Waals surface area (Å²) in [6.45, 7) is 1.35. The number of nitrogens with two attached hydrogens (primary N) is 1. The summed E-state index contributed by atoms with van der Waals surface area (Å²) in [5.41, 5.74) is 4.98. The largest absolute Gasteiger partial charge is 0.458 e. The number of carbonyl (C=O) groups excluding carboxylic acids is 2. The number of methoxy groups -OCH3 is 1. The highest BCUT2D eigenvalue weighted by Gasteiger charge is 2.22. The molecule has 6 heteroatoms. The fraction of sp³-hybridized carbons (Fsp3) is 0.667. The van der Waals surface area contributed by atoms with Gasteiger partial charge in [-0.15, -0.1) is 0 Å². The lowest BCUT2D eigenvalue weighted by atomic mass is 9.99. The molecule has 0 radical (unpaired) electrons. The van der Waals surface area contributed by atoms with E-state index >= 15 is 0 Å². The first-order valence-electron chi connectivity index (χ1n) is 5.85. The molecule has 102 valence electrons. The average molecular weight is 257 g/mol. The Bertz CT molecular complexity index is 328. The third-order valence-corrected chi connectivity index (χ3v) is 2.73. The summed E-state index contributed by atoms with van der Waals surface area (Å²) in [6, 6.07) is 0. The molecule has 0 spiro atoms. The quantitative estimate of drug-likeness (QED) is 0.605. The van der Waals surface area contributed by atoms with Gasteiger partial charge in [-0.05, 0) is 25.0 Å². The smallest absolute Gasteiger partial charge is 0.405 e. The van der Waals surface area contributed by atoms with Gasteiger partial charge >= 0.3 is 12.1 Å². The maximum absolute atomic E-state index is 11.0. The van der Waals surface area contributed by atoms with Gasteiger partial charge in [0.15, 0.2) is 0 Å². The van der Waals surface area contributed by atoms with Crippen LogP contribution in [0.3, 0.4) is 0 Å². The third kappa shape index (κ3) is 5.18. The van der Waals surface area contributed by atoms with Crippen molar-refractivity contribution in [2.75, 3.05) is 7.11 Å². The number of carbonyl (C=O) groups is 2. The molecule has 1 amide bonds. The first-order valence-corrected chi connectivity index (χ1v) is 5.85. The van der Waals surface area contributed by atoms with E-state index in [0.717, 1.165) is 0 Å². The van der Waals surface area contributed by atoms with Crippen LogP contribution in [0.25, 0.3) is 0 Å². The Kier molecular flexibility index (Phi) is 5.64. The minimum absolute atomic E-state index is 0.0433. The van der Waals surface area contributed by atoms with Crippen LogP contribution in [0, 0.1) is 0 Å². The van der Waals surface area contributed by atoms with E-state index in [-0.39, 0.29) is 18.2 Å². The van der Waals surface area contributed by atoms with Crippen LogP contribution in [0.2, 0.25) is 0 Å². The third-order valence-electron chi connectivity index (χ3n) is 2.73. The molecule has 0 fully saturated rings. The van der Waals surface area contributed by atoms with Crippen molar-refractivity contribution in [3.8, 4) is 0 Å². The van der Waals surface area contributed by atoms with Crippen LogP contribution in [-0.2, 0) is 19.0 Å². The van der Waals surface area contributed by atoms with Crippen LogP contribution >= 0.6 is 0 Å². The summed E-state index contributed by atoms with van der Waals surface area (Å²) < 4.78 is 15.4. The van der Waals surface area contributed by atoms with E-state index in [1.165, 1.54) is 6.92 Å². The van der Waals surface area contributed by atoms with Gasteiger partial charge in [0.2, 0.25) is 0 Å². The molecule has 18 heavy (non-hydrogen) atoms. The number of primary amides is 1. The molecule has 0 saturated heterocycles. The van der Waals surface area contributed by atoms with E-state index < -0.39 is 12.2 Å². The lowest BCUT2D eigenvalue weighted by molar-refractivity contribution is -0.145. The number of amides is 1. The highest BCUT2D eigenvalue weighted by molar-refractivity contribution is 5.66. The molecule has 1 aliphatic rings. The van der Waals surface area contributed by atoms with E-state index in [2.05, 4.69) is 0 Å². The summed E-state index contributed by atoms with van der Waals surface area (Å²) in [4.78, 5) is 21.7. The van der Waals surface area contributed by atoms with Crippen LogP contribution in [0.4, 0.5) is 4.79 Å². The Labute approximate surface area is 106 Å². The van der Waals surface area contributed by atoms with Crippen molar-refractivity contribution in [2.24, 2.45) is 5.73 Å². The van der Waals surface area contributed by atoms with Crippen LogP contribution in [0.1, 0.15) is 26.2 Å². The monoisotopic (exact) mass is 257 g/mol. The SMILES string of the molecule is COC1CCC(OC(N)=O)/C=C/C(OC(C)=O)C1. The predicted octanol–water partition coefficient (Wildman–Crippen LogP) is 1.14. The first kappa shape index (κ1) is 14.5. The fourth-order valence-corrected chi connectivity index (χ4v) is 1.91. The first-order chi connectivity index (χ1) is 8.51. The van der Waals surface area contributed by atoms with Gasteiger partial charge in [0.25, 0.3) is 0 Å². The van der Waals surface area contributed by atoms with Gasteiger partial charge in [-0.3, -0.25) is 4.79 Å². The molecule has 0 aromatic heterocycles. The number of ether oxygens (including phenoxy) is 3. The van der Waals surface area contributed by atoms with Gasteiger partial charge in [0.05, 0.1) is 6.10 Å². The van der Waals surface area contributed by atoms with Crippen molar-refractivity contribution < 1.29 is 23.8 Å². The molecule has 0 saturated carbocycles. The molecule has 0 aromatic carbocycles. The zero-order valence-electron chi connectivity index (χ0n) is 10.6. The molecule has 2 N–H and O–H groups in total. The molecule has 0 aliphatic heterocycles. The molecular weight excluding hydrogens is 238 g/mol. The topological polar surface area (TPSA) is 87.8 Å². The van der Waals surface area contributed by atoms with Crippen molar-refractivity contribution in [2.45, 2.75) is 44.5 Å². The van der Waals surface area contributed by atoms with Crippen LogP contribution in [0.15, 0.2) is 12.2 Å². The Balaban J connectivity index is 2.70. The van der Waals surface area contributed by atoms with Crippen molar-refractivity contribution in [1.29, 1.82) is 0 Å². The van der Waals surface area contributed by atoms with Crippen molar-refractivity contribution in [3.63, 3.8) is 0 Å². The highest BCUT2D eigenvalue weighted by Crippen LogP contribution is 2.19. The van der Waals surface area contributed by atoms with Gasteiger partial charge in [0.1, 0.15) is 12.2 Å². The summed E-state index contributed by atoms with van der Waals surface area (Å²) in [6.07, 6.45) is 3.70. The summed E-state index contributed by atoms with van der Waals surface area (Å²) in [5.74, 6) is -0.354. The molecule has 0 heterocycles. The van der Waals surface area contributed by atoms with Gasteiger partial charge in [-0.2, -0.15) is 0 Å². The number of esters is 1. The maximum atomic E-state index is 11.0. The standard InChI is InChI=1S/C12H19NO5/c1-8(14)17-11-6-4-9(18-12(13)15)3-5-10(7-11)16-2/h4,6,9-11H,3,5,7H2,1-2H3,(H2,13,15)/b6-4+. The van der Waals surface area contributed by atoms with E-state index in [4.69, 9.17) is 19.9 Å². The number of rotatable bonds is 3. The van der Waals surface area contributed by atoms with Gasteiger partial charge < -0.3 is 19.9 Å². The Hall–Kier alpha value is -1.56. The second-order valence-electron chi connectivity index (χ2n) is 4.18. The van der Waals surface area contributed by atoms with Crippen molar-refractivity contribution in [3.05, 3.63) is 12.2 Å². The summed E-state index contributed by atoms with van der Waals surface area (Å²) in [7, 11) is 1.60. The zero-order valence-corrected chi connectivity index (χ0v) is 10.6. The molecule has 0 bridgehead atoms. The highest BCUT2D eigenvalue weighted by atomic mass is 16.6. The normalized spacial score (nSPS) is 29.8. The Morgan fingerprint density at radius 3 is 2.39 bits per heavy atom. The lowest BCUT2D eigenvalue weighted by Crippen LogP contribution is -2.29. The lowest BCUT2D eigenvalue weighted by Gasteiger charge is -2.24. The molecule has 0 aromatic rings. The molecular formula is C12H19NO5. The molecule has 1 rings (SSSR count). The maximum Gasteiger partial charge on any atom is 0.405 e. The van der Waals surface area contributed by atoms with E-state index in [1.54, 1.807) is 19.3 Å². The number of hydrogen-bond acceptors (Lipinski definition) is 5. The molecule has 3 atom stereocenters. The van der Waals surface area contributed by atoms with E-state index in [9.17, 15) is 9.59 Å². The average Bonchev–Trinajstić information content (AvgIpc) is 2.26. The minimum atomic E-state index is -0.816. The second-order valence-corrected chi connectivity index (χ2v) is 4.18. The van der Waals surface area contributed by atoms with Crippen LogP contribution in [-0.4, -0.2) is 37.5 Å². The van der Waals surface area contributed by atoms with Crippen LogP contribution < -0.4 is 5.73 Å². The van der Waals surface area contributed by atoms with E-state index in [1.807, 2.05) is 0 Å². The number of hydrogen-bond donors (Lipinski definition) is 1. The molecule has 3 unspecified atom stereocenters.